The standard InChI is InChI=1S/C21H34O3/c1-14(22)24-16-8-10-20(2)15(13-16)6-7-17-18(20)9-11-21(3)19(17)5-4-12-23-21/h15-19H,4-13H2,1-3H3/t15-,16?,17+,18-,19-,20-,21-/m0/s1. The van der Waals surface area contributed by atoms with Gasteiger partial charge in [-0.15, -0.1) is 0 Å². The van der Waals surface area contributed by atoms with Crippen molar-refractivity contribution in [3.05, 3.63) is 0 Å². The lowest BCUT2D eigenvalue weighted by molar-refractivity contribution is -0.198. The van der Waals surface area contributed by atoms with Crippen molar-refractivity contribution in [2.75, 3.05) is 6.61 Å². The molecular weight excluding hydrogens is 300 g/mol. The minimum Gasteiger partial charge on any atom is -0.463 e. The molecular formula is C21H34O3. The fourth-order valence-electron chi connectivity index (χ4n) is 7.15. The molecule has 0 aromatic heterocycles. The molecule has 1 saturated heterocycles. The molecule has 24 heavy (non-hydrogen) atoms. The van der Waals surface area contributed by atoms with E-state index in [0.717, 1.165) is 43.1 Å². The molecule has 4 fully saturated rings. The molecule has 4 aliphatic rings. The van der Waals surface area contributed by atoms with E-state index in [4.69, 9.17) is 9.47 Å². The molecule has 0 radical (unpaired) electrons. The van der Waals surface area contributed by atoms with E-state index in [-0.39, 0.29) is 17.7 Å². The van der Waals surface area contributed by atoms with Gasteiger partial charge in [-0.25, -0.2) is 0 Å². The third kappa shape index (κ3) is 2.62. The molecule has 3 nitrogen and oxygen atoms in total. The van der Waals surface area contributed by atoms with Crippen molar-refractivity contribution in [2.45, 2.75) is 90.3 Å². The molecule has 0 aromatic carbocycles. The zero-order valence-corrected chi connectivity index (χ0v) is 15.7. The summed E-state index contributed by atoms with van der Waals surface area (Å²) >= 11 is 0. The minimum atomic E-state index is -0.106. The highest BCUT2D eigenvalue weighted by Gasteiger charge is 2.58. The Balaban J connectivity index is 1.52. The summed E-state index contributed by atoms with van der Waals surface area (Å²) in [6.45, 7) is 7.47. The number of hydrogen-bond donors (Lipinski definition) is 0. The van der Waals surface area contributed by atoms with Crippen LogP contribution in [0.2, 0.25) is 0 Å². The molecule has 1 unspecified atom stereocenters. The lowest BCUT2D eigenvalue weighted by atomic mass is 9.46. The van der Waals surface area contributed by atoms with E-state index in [9.17, 15) is 4.79 Å². The van der Waals surface area contributed by atoms with E-state index in [1.54, 1.807) is 6.92 Å². The Labute approximate surface area is 146 Å². The zero-order valence-electron chi connectivity index (χ0n) is 15.7. The summed E-state index contributed by atoms with van der Waals surface area (Å²) in [6.07, 6.45) is 11.4. The van der Waals surface area contributed by atoms with E-state index in [0.29, 0.717) is 5.41 Å². The smallest absolute Gasteiger partial charge is 0.302 e. The topological polar surface area (TPSA) is 35.5 Å². The highest BCUT2D eigenvalue weighted by molar-refractivity contribution is 5.66. The second kappa shape index (κ2) is 6.00. The Morgan fingerprint density at radius 2 is 1.88 bits per heavy atom. The summed E-state index contributed by atoms with van der Waals surface area (Å²) in [7, 11) is 0. The number of ether oxygens (including phenoxy) is 2. The van der Waals surface area contributed by atoms with Crippen LogP contribution >= 0.6 is 0 Å². The Kier molecular flexibility index (Phi) is 4.22. The van der Waals surface area contributed by atoms with Gasteiger partial charge in [0.15, 0.2) is 0 Å². The maximum atomic E-state index is 11.3. The molecule has 3 saturated carbocycles. The molecule has 3 aliphatic carbocycles. The van der Waals surface area contributed by atoms with E-state index in [1.807, 2.05) is 0 Å². The summed E-state index contributed by atoms with van der Waals surface area (Å²) in [5.41, 5.74) is 0.607. The molecule has 0 bridgehead atoms. The van der Waals surface area contributed by atoms with Gasteiger partial charge < -0.3 is 9.47 Å². The number of rotatable bonds is 1. The van der Waals surface area contributed by atoms with E-state index >= 15 is 0 Å². The van der Waals surface area contributed by atoms with Gasteiger partial charge in [0.2, 0.25) is 0 Å². The lowest BCUT2D eigenvalue weighted by Gasteiger charge is -2.62. The van der Waals surface area contributed by atoms with E-state index in [2.05, 4.69) is 13.8 Å². The Bertz CT molecular complexity index is 503. The average molecular weight is 335 g/mol. The molecule has 0 spiro atoms. The third-order valence-corrected chi connectivity index (χ3v) is 8.37. The first-order valence-corrected chi connectivity index (χ1v) is 10.2. The third-order valence-electron chi connectivity index (χ3n) is 8.37. The van der Waals surface area contributed by atoms with Crippen molar-refractivity contribution >= 4 is 5.97 Å². The van der Waals surface area contributed by atoms with Crippen molar-refractivity contribution in [3.63, 3.8) is 0 Å². The number of fused-ring (bicyclic) bond motifs is 5. The van der Waals surface area contributed by atoms with Crippen molar-refractivity contribution < 1.29 is 14.3 Å². The van der Waals surface area contributed by atoms with Crippen LogP contribution in [0.4, 0.5) is 0 Å². The van der Waals surface area contributed by atoms with Crippen LogP contribution in [0, 0.1) is 29.1 Å². The fourth-order valence-corrected chi connectivity index (χ4v) is 7.15. The first-order chi connectivity index (χ1) is 11.4. The van der Waals surface area contributed by atoms with Gasteiger partial charge in [-0.1, -0.05) is 6.92 Å². The second-order valence-electron chi connectivity index (χ2n) is 9.50. The van der Waals surface area contributed by atoms with Crippen molar-refractivity contribution in [3.8, 4) is 0 Å². The number of hydrogen-bond acceptors (Lipinski definition) is 3. The summed E-state index contributed by atoms with van der Waals surface area (Å²) in [4.78, 5) is 11.3. The molecule has 3 heteroatoms. The quantitative estimate of drug-likeness (QED) is 0.650. The molecule has 1 heterocycles. The van der Waals surface area contributed by atoms with Crippen molar-refractivity contribution in [1.82, 2.24) is 0 Å². The summed E-state index contributed by atoms with van der Waals surface area (Å²) < 4.78 is 11.9. The van der Waals surface area contributed by atoms with Gasteiger partial charge in [0, 0.05) is 13.5 Å². The average Bonchev–Trinajstić information content (AvgIpc) is 2.54. The van der Waals surface area contributed by atoms with Gasteiger partial charge in [-0.3, -0.25) is 4.79 Å². The van der Waals surface area contributed by atoms with Crippen LogP contribution in [0.25, 0.3) is 0 Å². The Morgan fingerprint density at radius 3 is 2.67 bits per heavy atom. The lowest BCUT2D eigenvalue weighted by Crippen LogP contribution is -2.58. The van der Waals surface area contributed by atoms with Crippen LogP contribution in [-0.4, -0.2) is 24.3 Å². The van der Waals surface area contributed by atoms with Crippen LogP contribution in [0.3, 0.4) is 0 Å². The second-order valence-corrected chi connectivity index (χ2v) is 9.50. The fraction of sp³-hybridized carbons (Fsp3) is 0.952. The highest BCUT2D eigenvalue weighted by atomic mass is 16.5. The minimum absolute atomic E-state index is 0.106. The molecule has 7 atom stereocenters. The largest absolute Gasteiger partial charge is 0.463 e. The first kappa shape index (κ1) is 16.9. The monoisotopic (exact) mass is 334 g/mol. The molecule has 0 aromatic rings. The van der Waals surface area contributed by atoms with Gasteiger partial charge in [0.1, 0.15) is 6.10 Å². The zero-order chi connectivity index (χ0) is 16.9. The summed E-state index contributed by atoms with van der Waals surface area (Å²) in [5.74, 6) is 3.12. The maximum Gasteiger partial charge on any atom is 0.302 e. The van der Waals surface area contributed by atoms with Crippen molar-refractivity contribution in [1.29, 1.82) is 0 Å². The van der Waals surface area contributed by atoms with Gasteiger partial charge in [-0.05, 0) is 93.8 Å². The van der Waals surface area contributed by atoms with E-state index < -0.39 is 0 Å². The maximum absolute atomic E-state index is 11.3. The van der Waals surface area contributed by atoms with Crippen LogP contribution in [-0.2, 0) is 14.3 Å². The molecule has 136 valence electrons. The number of carbonyl (C=O) groups excluding carboxylic acids is 1. The number of esters is 1. The van der Waals surface area contributed by atoms with Crippen molar-refractivity contribution in [2.24, 2.45) is 29.1 Å². The SMILES string of the molecule is CC(=O)OC1CC[C@@]2(C)[C@@H](CC[C@@H]3[C@@H]2CC[C@]2(C)OCCC[C@@H]32)C1. The Morgan fingerprint density at radius 1 is 1.04 bits per heavy atom. The Hall–Kier alpha value is -0.570. The number of carbonyl (C=O) groups is 1. The van der Waals surface area contributed by atoms with Crippen LogP contribution in [0.5, 0.6) is 0 Å². The van der Waals surface area contributed by atoms with Gasteiger partial charge >= 0.3 is 5.97 Å². The molecule has 0 N–H and O–H groups in total. The summed E-state index contributed by atoms with van der Waals surface area (Å²) in [5, 5.41) is 0. The van der Waals surface area contributed by atoms with Gasteiger partial charge in [0.05, 0.1) is 5.60 Å². The van der Waals surface area contributed by atoms with Crippen LogP contribution < -0.4 is 0 Å². The first-order valence-electron chi connectivity index (χ1n) is 10.2. The molecule has 1 aliphatic heterocycles. The van der Waals surface area contributed by atoms with Gasteiger partial charge in [0.25, 0.3) is 0 Å². The van der Waals surface area contributed by atoms with Crippen LogP contribution in [0.1, 0.15) is 78.6 Å². The predicted molar refractivity (Wildman–Crippen MR) is 93.5 cm³/mol. The van der Waals surface area contributed by atoms with Crippen LogP contribution in [0.15, 0.2) is 0 Å². The summed E-state index contributed by atoms with van der Waals surface area (Å²) in [6, 6.07) is 0. The van der Waals surface area contributed by atoms with E-state index in [1.165, 1.54) is 44.9 Å². The molecule has 4 rings (SSSR count). The predicted octanol–water partition coefficient (Wildman–Crippen LogP) is 4.73. The highest BCUT2D eigenvalue weighted by Crippen LogP contribution is 2.63. The van der Waals surface area contributed by atoms with Gasteiger partial charge in [-0.2, -0.15) is 0 Å². The normalized spacial score (nSPS) is 51.0. The molecule has 0 amide bonds.